The maximum absolute atomic E-state index is 13.7. The molecule has 0 radical (unpaired) electrons. The van der Waals surface area contributed by atoms with Gasteiger partial charge in [0.25, 0.3) is 5.91 Å². The van der Waals surface area contributed by atoms with Gasteiger partial charge in [-0.05, 0) is 38.8 Å². The van der Waals surface area contributed by atoms with Crippen LogP contribution in [0.1, 0.15) is 36.2 Å². The molecular weight excluding hydrogens is 241 g/mol. The number of carbonyl (C=O) groups excluding carboxylic acids is 1. The van der Waals surface area contributed by atoms with Crippen molar-refractivity contribution >= 4 is 17.5 Å². The number of aryl methyl sites for hydroxylation is 1. The van der Waals surface area contributed by atoms with Crippen molar-refractivity contribution in [3.8, 4) is 0 Å². The summed E-state index contributed by atoms with van der Waals surface area (Å²) in [4.78, 5) is 11.9. The van der Waals surface area contributed by atoms with E-state index in [1.54, 1.807) is 19.1 Å². The number of hydrogen-bond donors (Lipinski definition) is 1. The molecule has 0 atom stereocenters. The molecule has 94 valence electrons. The van der Waals surface area contributed by atoms with Gasteiger partial charge < -0.3 is 5.32 Å². The quantitative estimate of drug-likeness (QED) is 0.824. The zero-order valence-electron chi connectivity index (χ0n) is 10.3. The van der Waals surface area contributed by atoms with E-state index in [4.69, 9.17) is 11.6 Å². The average Bonchev–Trinajstić information content (AvgIpc) is 2.21. The molecule has 0 spiro atoms. The zero-order valence-corrected chi connectivity index (χ0v) is 11.1. The molecule has 1 amide bonds. The van der Waals surface area contributed by atoms with Crippen LogP contribution in [0.3, 0.4) is 0 Å². The van der Waals surface area contributed by atoms with Crippen LogP contribution in [-0.2, 0) is 0 Å². The Hall–Kier alpha value is -1.09. The minimum atomic E-state index is -0.466. The third-order valence-electron chi connectivity index (χ3n) is 2.61. The molecule has 0 saturated heterocycles. The summed E-state index contributed by atoms with van der Waals surface area (Å²) in [6.45, 7) is 5.36. The Morgan fingerprint density at radius 2 is 2.12 bits per heavy atom. The summed E-state index contributed by atoms with van der Waals surface area (Å²) < 4.78 is 13.7. The number of carbonyl (C=O) groups is 1. The van der Waals surface area contributed by atoms with E-state index < -0.39 is 17.3 Å². The third-order valence-corrected chi connectivity index (χ3v) is 2.80. The second kappa shape index (κ2) is 5.50. The van der Waals surface area contributed by atoms with Crippen molar-refractivity contribution in [2.75, 3.05) is 5.88 Å². The van der Waals surface area contributed by atoms with Crippen LogP contribution in [0, 0.1) is 12.7 Å². The second-order valence-corrected chi connectivity index (χ2v) is 5.09. The van der Waals surface area contributed by atoms with Crippen molar-refractivity contribution < 1.29 is 9.18 Å². The van der Waals surface area contributed by atoms with E-state index >= 15 is 0 Å². The molecule has 0 saturated carbocycles. The van der Waals surface area contributed by atoms with Gasteiger partial charge in [-0.3, -0.25) is 4.79 Å². The van der Waals surface area contributed by atoms with Crippen LogP contribution in [0.25, 0.3) is 0 Å². The van der Waals surface area contributed by atoms with Crippen LogP contribution >= 0.6 is 11.6 Å². The van der Waals surface area contributed by atoms with Crippen LogP contribution in [-0.4, -0.2) is 17.3 Å². The first-order valence-electron chi connectivity index (χ1n) is 5.51. The summed E-state index contributed by atoms with van der Waals surface area (Å²) in [5.41, 5.74) is 0.107. The lowest BCUT2D eigenvalue weighted by Gasteiger charge is -2.25. The number of alkyl halides is 1. The van der Waals surface area contributed by atoms with Gasteiger partial charge in [-0.25, -0.2) is 4.39 Å². The lowest BCUT2D eigenvalue weighted by atomic mass is 10.0. The van der Waals surface area contributed by atoms with E-state index in [-0.39, 0.29) is 5.56 Å². The molecule has 0 unspecified atom stereocenters. The van der Waals surface area contributed by atoms with Gasteiger partial charge in [0, 0.05) is 11.4 Å². The normalized spacial score (nSPS) is 11.4. The molecule has 2 nitrogen and oxygen atoms in total. The van der Waals surface area contributed by atoms with Crippen molar-refractivity contribution in [2.24, 2.45) is 0 Å². The van der Waals surface area contributed by atoms with Crippen LogP contribution in [0.4, 0.5) is 4.39 Å². The highest BCUT2D eigenvalue weighted by Gasteiger charge is 2.22. The molecule has 4 heteroatoms. The Balaban J connectivity index is 2.87. The molecule has 0 aliphatic heterocycles. The first kappa shape index (κ1) is 14.0. The molecule has 1 N–H and O–H groups in total. The number of benzene rings is 1. The maximum Gasteiger partial charge on any atom is 0.254 e. The number of nitrogens with one attached hydrogen (secondary N) is 1. The van der Waals surface area contributed by atoms with E-state index in [0.29, 0.717) is 17.9 Å². The molecule has 0 bridgehead atoms. The molecule has 0 aliphatic carbocycles. The lowest BCUT2D eigenvalue weighted by Crippen LogP contribution is -2.44. The Morgan fingerprint density at radius 1 is 1.47 bits per heavy atom. The Morgan fingerprint density at radius 3 is 2.71 bits per heavy atom. The molecule has 17 heavy (non-hydrogen) atoms. The SMILES string of the molecule is Cc1cccc(C(=O)NC(C)(C)CCCl)c1F. The monoisotopic (exact) mass is 257 g/mol. The molecule has 1 rings (SSSR count). The Bertz CT molecular complexity index is 418. The molecule has 0 fully saturated rings. The smallest absolute Gasteiger partial charge is 0.254 e. The Labute approximate surface area is 106 Å². The summed E-state index contributed by atoms with van der Waals surface area (Å²) in [5, 5.41) is 2.78. The van der Waals surface area contributed by atoms with E-state index in [0.717, 1.165) is 0 Å². The van der Waals surface area contributed by atoms with Crippen molar-refractivity contribution in [1.82, 2.24) is 5.32 Å². The highest BCUT2D eigenvalue weighted by Crippen LogP contribution is 2.15. The van der Waals surface area contributed by atoms with Gasteiger partial charge in [-0.2, -0.15) is 0 Å². The molecule has 0 aromatic heterocycles. The highest BCUT2D eigenvalue weighted by molar-refractivity contribution is 6.17. The summed E-state index contributed by atoms with van der Waals surface area (Å²) in [5.74, 6) is -0.420. The zero-order chi connectivity index (χ0) is 13.1. The number of amides is 1. The summed E-state index contributed by atoms with van der Waals surface area (Å²) in [6, 6.07) is 4.78. The molecule has 1 aromatic rings. The second-order valence-electron chi connectivity index (χ2n) is 4.71. The largest absolute Gasteiger partial charge is 0.347 e. The predicted octanol–water partition coefficient (Wildman–Crippen LogP) is 3.27. The summed E-state index contributed by atoms with van der Waals surface area (Å²) in [6.07, 6.45) is 0.633. The van der Waals surface area contributed by atoms with Gasteiger partial charge in [-0.15, -0.1) is 11.6 Å². The van der Waals surface area contributed by atoms with Crippen LogP contribution in [0.15, 0.2) is 18.2 Å². The van der Waals surface area contributed by atoms with Gasteiger partial charge >= 0.3 is 0 Å². The van der Waals surface area contributed by atoms with E-state index in [1.165, 1.54) is 6.07 Å². The highest BCUT2D eigenvalue weighted by atomic mass is 35.5. The van der Waals surface area contributed by atoms with Crippen molar-refractivity contribution in [3.05, 3.63) is 35.1 Å². The lowest BCUT2D eigenvalue weighted by molar-refractivity contribution is 0.0907. The number of hydrogen-bond acceptors (Lipinski definition) is 1. The van der Waals surface area contributed by atoms with Gasteiger partial charge in [0.15, 0.2) is 0 Å². The third kappa shape index (κ3) is 3.70. The van der Waals surface area contributed by atoms with Crippen molar-refractivity contribution in [1.29, 1.82) is 0 Å². The number of rotatable bonds is 4. The molecule has 1 aromatic carbocycles. The first-order valence-corrected chi connectivity index (χ1v) is 6.04. The molecule has 0 heterocycles. The maximum atomic E-state index is 13.7. The minimum absolute atomic E-state index is 0.0765. The molecular formula is C13H17ClFNO. The van der Waals surface area contributed by atoms with Crippen LogP contribution < -0.4 is 5.32 Å². The first-order chi connectivity index (χ1) is 7.87. The summed E-state index contributed by atoms with van der Waals surface area (Å²) in [7, 11) is 0. The molecule has 0 aliphatic rings. The topological polar surface area (TPSA) is 29.1 Å². The van der Waals surface area contributed by atoms with Crippen molar-refractivity contribution in [2.45, 2.75) is 32.7 Å². The fourth-order valence-electron chi connectivity index (χ4n) is 1.50. The average molecular weight is 258 g/mol. The summed E-state index contributed by atoms with van der Waals surface area (Å²) >= 11 is 5.65. The minimum Gasteiger partial charge on any atom is -0.347 e. The van der Waals surface area contributed by atoms with E-state index in [2.05, 4.69) is 5.32 Å². The van der Waals surface area contributed by atoms with E-state index in [1.807, 2.05) is 13.8 Å². The standard InChI is InChI=1S/C13H17ClFNO/c1-9-5-4-6-10(11(9)15)12(17)16-13(2,3)7-8-14/h4-6H,7-8H2,1-3H3,(H,16,17). The predicted molar refractivity (Wildman–Crippen MR) is 68.0 cm³/mol. The van der Waals surface area contributed by atoms with Crippen LogP contribution in [0.5, 0.6) is 0 Å². The van der Waals surface area contributed by atoms with E-state index in [9.17, 15) is 9.18 Å². The van der Waals surface area contributed by atoms with Crippen molar-refractivity contribution in [3.63, 3.8) is 0 Å². The van der Waals surface area contributed by atoms with Crippen LogP contribution in [0.2, 0.25) is 0 Å². The fourth-order valence-corrected chi connectivity index (χ4v) is 1.97. The van der Waals surface area contributed by atoms with Gasteiger partial charge in [0.2, 0.25) is 0 Å². The fraction of sp³-hybridized carbons (Fsp3) is 0.462. The Kier molecular flexibility index (Phi) is 4.52. The van der Waals surface area contributed by atoms with Gasteiger partial charge in [0.1, 0.15) is 5.82 Å². The number of halogens is 2. The van der Waals surface area contributed by atoms with Gasteiger partial charge in [0.05, 0.1) is 5.56 Å². The van der Waals surface area contributed by atoms with Gasteiger partial charge in [-0.1, -0.05) is 12.1 Å².